The van der Waals surface area contributed by atoms with Crippen molar-refractivity contribution >= 4 is 21.8 Å². The molecule has 7 heteroatoms. The van der Waals surface area contributed by atoms with Crippen LogP contribution in [0.15, 0.2) is 46.7 Å². The predicted molar refractivity (Wildman–Crippen MR) is 111 cm³/mol. The first kappa shape index (κ1) is 20.4. The predicted octanol–water partition coefficient (Wildman–Crippen LogP) is 3.91. The Kier molecular flexibility index (Phi) is 6.03. The van der Waals surface area contributed by atoms with Crippen molar-refractivity contribution in [2.45, 2.75) is 49.1 Å². The third kappa shape index (κ3) is 4.76. The van der Waals surface area contributed by atoms with Gasteiger partial charge in [-0.05, 0) is 41.9 Å². The Morgan fingerprint density at radius 2 is 1.78 bits per heavy atom. The van der Waals surface area contributed by atoms with E-state index in [1.54, 1.807) is 28.2 Å². The molecule has 1 aromatic heterocycles. The van der Waals surface area contributed by atoms with E-state index >= 15 is 0 Å². The van der Waals surface area contributed by atoms with Gasteiger partial charge >= 0.3 is 0 Å². The molecule has 2 aromatic rings. The normalized spacial score (nSPS) is 17.3. The summed E-state index contributed by atoms with van der Waals surface area (Å²) in [5.74, 6) is 1.51. The van der Waals surface area contributed by atoms with Crippen molar-refractivity contribution in [3.8, 4) is 0 Å². The first-order chi connectivity index (χ1) is 12.7. The number of imidazole rings is 1. The molecule has 0 unspecified atom stereocenters. The zero-order valence-electron chi connectivity index (χ0n) is 16.6. The molecule has 0 spiro atoms. The van der Waals surface area contributed by atoms with Crippen LogP contribution in [-0.2, 0) is 22.5 Å². The van der Waals surface area contributed by atoms with Gasteiger partial charge in [0.1, 0.15) is 0 Å². The Morgan fingerprint density at radius 3 is 2.30 bits per heavy atom. The fraction of sp³-hybridized carbons (Fsp3) is 0.550. The van der Waals surface area contributed by atoms with Gasteiger partial charge in [-0.15, -0.1) is 0 Å². The summed E-state index contributed by atoms with van der Waals surface area (Å²) in [7, 11) is -1.41. The minimum absolute atomic E-state index is 0.0194. The zero-order valence-corrected chi connectivity index (χ0v) is 18.2. The van der Waals surface area contributed by atoms with Crippen LogP contribution in [0.1, 0.15) is 39.2 Å². The molecule has 5 nitrogen and oxygen atoms in total. The second-order valence-electron chi connectivity index (χ2n) is 8.25. The average molecular weight is 408 g/mol. The molecule has 0 atom stereocenters. The lowest BCUT2D eigenvalue weighted by Gasteiger charge is -2.31. The van der Waals surface area contributed by atoms with Crippen molar-refractivity contribution in [1.29, 1.82) is 0 Å². The van der Waals surface area contributed by atoms with Crippen LogP contribution < -0.4 is 0 Å². The molecule has 0 radical (unpaired) electrons. The smallest absolute Gasteiger partial charge is 0.243 e. The van der Waals surface area contributed by atoms with Gasteiger partial charge in [-0.25, -0.2) is 13.4 Å². The van der Waals surface area contributed by atoms with Crippen molar-refractivity contribution < 1.29 is 8.42 Å². The lowest BCUT2D eigenvalue weighted by Crippen LogP contribution is -2.39. The maximum absolute atomic E-state index is 13.0. The fourth-order valence-electron chi connectivity index (χ4n) is 3.28. The Bertz CT molecular complexity index is 859. The van der Waals surface area contributed by atoms with Crippen LogP contribution in [-0.4, -0.2) is 41.1 Å². The van der Waals surface area contributed by atoms with E-state index in [2.05, 4.69) is 25.8 Å². The molecule has 1 fully saturated rings. The topological polar surface area (TPSA) is 55.2 Å². The summed E-state index contributed by atoms with van der Waals surface area (Å²) < 4.78 is 29.6. The average Bonchev–Trinajstić information content (AvgIpc) is 3.04. The van der Waals surface area contributed by atoms with Gasteiger partial charge in [-0.3, -0.25) is 0 Å². The number of benzene rings is 1. The summed E-state index contributed by atoms with van der Waals surface area (Å²) in [5.41, 5.74) is 1.16. The molecule has 0 saturated carbocycles. The molecule has 2 heterocycles. The summed E-state index contributed by atoms with van der Waals surface area (Å²) in [6.07, 6.45) is 5.55. The molecule has 0 bridgehead atoms. The first-order valence-electron chi connectivity index (χ1n) is 9.39. The summed E-state index contributed by atoms with van der Waals surface area (Å²) in [5, 5.41) is 1.02. The van der Waals surface area contributed by atoms with Gasteiger partial charge in [0.05, 0.1) is 4.90 Å². The van der Waals surface area contributed by atoms with Crippen LogP contribution in [0, 0.1) is 5.92 Å². The summed E-state index contributed by atoms with van der Waals surface area (Å²) >= 11 is 1.75. The molecule has 1 aromatic carbocycles. The second kappa shape index (κ2) is 7.97. The summed E-state index contributed by atoms with van der Waals surface area (Å²) in [4.78, 5) is 4.74. The molecule has 148 valence electrons. The third-order valence-electron chi connectivity index (χ3n) is 5.16. The van der Waals surface area contributed by atoms with E-state index in [0.717, 1.165) is 29.3 Å². The summed E-state index contributed by atoms with van der Waals surface area (Å²) in [6.45, 7) is 7.57. The number of aryl methyl sites for hydroxylation is 1. The van der Waals surface area contributed by atoms with Gasteiger partial charge in [0.15, 0.2) is 5.16 Å². The molecule has 1 saturated heterocycles. The number of aromatic nitrogens is 2. The van der Waals surface area contributed by atoms with Gasteiger partial charge in [0.2, 0.25) is 10.0 Å². The van der Waals surface area contributed by atoms with Crippen molar-refractivity contribution in [1.82, 2.24) is 13.9 Å². The van der Waals surface area contributed by atoms with Crippen molar-refractivity contribution in [3.05, 3.63) is 42.2 Å². The highest BCUT2D eigenvalue weighted by Gasteiger charge is 2.29. The first-order valence-corrected chi connectivity index (χ1v) is 11.8. The largest absolute Gasteiger partial charge is 0.329 e. The van der Waals surface area contributed by atoms with Gasteiger partial charge in [0, 0.05) is 38.3 Å². The minimum Gasteiger partial charge on any atom is -0.329 e. The molecule has 0 aliphatic carbocycles. The van der Waals surface area contributed by atoms with E-state index in [1.165, 1.54) is 0 Å². The number of nitrogens with zero attached hydrogens (tertiary/aromatic N) is 3. The molecule has 27 heavy (non-hydrogen) atoms. The highest BCUT2D eigenvalue weighted by molar-refractivity contribution is 7.99. The molecule has 0 amide bonds. The van der Waals surface area contributed by atoms with E-state index in [0.29, 0.717) is 23.9 Å². The standard InChI is InChI=1S/C20H29N3O2S2/c1-20(2,3)17-5-7-18(8-6-17)27(24,25)23-12-9-16(10-13-23)15-26-19-21-11-14-22(19)4/h5-8,11,14,16H,9-10,12-13,15H2,1-4H3. The highest BCUT2D eigenvalue weighted by atomic mass is 32.2. The quantitative estimate of drug-likeness (QED) is 0.705. The van der Waals surface area contributed by atoms with Gasteiger partial charge < -0.3 is 4.57 Å². The van der Waals surface area contributed by atoms with Crippen molar-refractivity contribution in [2.24, 2.45) is 13.0 Å². The number of rotatable bonds is 5. The van der Waals surface area contributed by atoms with E-state index in [-0.39, 0.29) is 5.41 Å². The maximum Gasteiger partial charge on any atom is 0.243 e. The maximum atomic E-state index is 13.0. The number of piperidine rings is 1. The molecule has 1 aliphatic rings. The van der Waals surface area contributed by atoms with Crippen LogP contribution in [0.25, 0.3) is 0 Å². The van der Waals surface area contributed by atoms with E-state index in [4.69, 9.17) is 0 Å². The lowest BCUT2D eigenvalue weighted by molar-refractivity contribution is 0.291. The number of thioether (sulfide) groups is 1. The summed E-state index contributed by atoms with van der Waals surface area (Å²) in [6, 6.07) is 7.37. The van der Waals surface area contributed by atoms with Crippen molar-refractivity contribution in [3.63, 3.8) is 0 Å². The molecule has 0 N–H and O–H groups in total. The Balaban J connectivity index is 1.58. The third-order valence-corrected chi connectivity index (χ3v) is 8.36. The highest BCUT2D eigenvalue weighted by Crippen LogP contribution is 2.29. The number of hydrogen-bond acceptors (Lipinski definition) is 4. The number of hydrogen-bond donors (Lipinski definition) is 0. The zero-order chi connectivity index (χ0) is 19.7. The fourth-order valence-corrected chi connectivity index (χ4v) is 5.86. The SMILES string of the molecule is Cn1ccnc1SCC1CCN(S(=O)(=O)c2ccc(C(C)(C)C)cc2)CC1. The van der Waals surface area contributed by atoms with Crippen LogP contribution in [0.4, 0.5) is 0 Å². The van der Waals surface area contributed by atoms with Crippen molar-refractivity contribution in [2.75, 3.05) is 18.8 Å². The monoisotopic (exact) mass is 407 g/mol. The molecular formula is C20H29N3O2S2. The van der Waals surface area contributed by atoms with E-state index in [1.807, 2.05) is 36.1 Å². The lowest BCUT2D eigenvalue weighted by atomic mass is 9.87. The molecular weight excluding hydrogens is 378 g/mol. The van der Waals surface area contributed by atoms with Crippen LogP contribution >= 0.6 is 11.8 Å². The van der Waals surface area contributed by atoms with Gasteiger partial charge in [-0.1, -0.05) is 44.7 Å². The van der Waals surface area contributed by atoms with Gasteiger partial charge in [-0.2, -0.15) is 4.31 Å². The second-order valence-corrected chi connectivity index (χ2v) is 11.2. The van der Waals surface area contributed by atoms with E-state index < -0.39 is 10.0 Å². The Hall–Kier alpha value is -1.31. The van der Waals surface area contributed by atoms with Crippen LogP contribution in [0.5, 0.6) is 0 Å². The van der Waals surface area contributed by atoms with E-state index in [9.17, 15) is 8.42 Å². The van der Waals surface area contributed by atoms with Crippen LogP contribution in [0.2, 0.25) is 0 Å². The minimum atomic E-state index is -3.40. The molecule has 3 rings (SSSR count). The molecule has 1 aliphatic heterocycles. The number of sulfonamides is 1. The van der Waals surface area contributed by atoms with Crippen LogP contribution in [0.3, 0.4) is 0 Å². The van der Waals surface area contributed by atoms with Gasteiger partial charge in [0.25, 0.3) is 0 Å². The Morgan fingerprint density at radius 1 is 1.15 bits per heavy atom. The Labute approximate surface area is 167 Å².